The van der Waals surface area contributed by atoms with Gasteiger partial charge in [0.1, 0.15) is 17.9 Å². The van der Waals surface area contributed by atoms with Crippen LogP contribution in [-0.2, 0) is 37.6 Å². The minimum atomic E-state index is -4.38. The quantitative estimate of drug-likeness (QED) is 0.173. The second-order valence-electron chi connectivity index (χ2n) is 11.9. The van der Waals surface area contributed by atoms with E-state index in [0.29, 0.717) is 24.0 Å². The van der Waals surface area contributed by atoms with E-state index in [1.165, 1.54) is 17.2 Å². The van der Waals surface area contributed by atoms with Gasteiger partial charge in [0.15, 0.2) is 23.0 Å². The van der Waals surface area contributed by atoms with E-state index in [1.54, 1.807) is 26.4 Å². The van der Waals surface area contributed by atoms with E-state index in [9.17, 15) is 22.6 Å². The normalized spacial score (nSPS) is 31.3. The minimum Gasteiger partial charge on any atom is -0.349 e. The maximum absolute atomic E-state index is 13.5. The van der Waals surface area contributed by atoms with E-state index in [0.717, 1.165) is 0 Å². The number of rotatable bonds is 4. The first-order chi connectivity index (χ1) is 22.4. The molecule has 6 heterocycles. The second-order valence-corrected chi connectivity index (χ2v) is 16.1. The number of fused-ring (bicyclic) bond motifs is 5. The fourth-order valence-electron chi connectivity index (χ4n) is 6.05. The highest BCUT2D eigenvalue weighted by Crippen LogP contribution is 2.57. The van der Waals surface area contributed by atoms with E-state index < -0.39 is 53.1 Å². The summed E-state index contributed by atoms with van der Waals surface area (Å²) >= 11 is 4.22. The average Bonchev–Trinajstić information content (AvgIpc) is 3.79. The number of nitrogens with zero attached hydrogens (tertiary/aromatic N) is 7. The maximum Gasteiger partial charge on any atom is 0.386 e. The lowest BCUT2D eigenvalue weighted by Gasteiger charge is -2.25. The molecular formula is C25H31N10O9PS2. The third-order valence-corrected chi connectivity index (χ3v) is 11.0. The zero-order valence-electron chi connectivity index (χ0n) is 25.0. The largest absolute Gasteiger partial charge is 0.386 e. The molecule has 0 aromatic carbocycles. The van der Waals surface area contributed by atoms with Crippen molar-refractivity contribution >= 4 is 63.5 Å². The van der Waals surface area contributed by atoms with Gasteiger partial charge in [-0.15, -0.1) is 0 Å². The van der Waals surface area contributed by atoms with Gasteiger partial charge in [0, 0.05) is 30.8 Å². The predicted octanol–water partition coefficient (Wildman–Crippen LogP) is 1.47. The first kappa shape index (κ1) is 32.3. The Morgan fingerprint density at radius 2 is 1.94 bits per heavy atom. The van der Waals surface area contributed by atoms with Crippen LogP contribution < -0.4 is 15.6 Å². The molecule has 0 spiro atoms. The summed E-state index contributed by atoms with van der Waals surface area (Å²) in [6.07, 6.45) is 2.86. The summed E-state index contributed by atoms with van der Waals surface area (Å²) in [5.41, 5.74) is 0.510. The van der Waals surface area contributed by atoms with Gasteiger partial charge in [-0.2, -0.15) is 18.1 Å². The maximum atomic E-state index is 13.5. The standard InChI is InChI=1S/C25H31N10O9PS2/c1-12(2)22(36)32-25-31-21-19(23(37)33-25)29-11-35(21)24-18-5-15(42-24)8-41-45(38,46)43-17-4-14(3-13(17)6-30-47(39,40)44-18)34-10-28-16-7-26-9-27-20(16)34/h7,9-15,17-18,24,30H,3-6,8H2,1-2H3,(H,38,46)(H2,31,32,33,36,37)/t13-,14-,15+,17+,18-,24+,45-/m1/s1. The highest BCUT2D eigenvalue weighted by atomic mass is 32.7. The fraction of sp³-hybridized carbons (Fsp3) is 0.560. The first-order valence-electron chi connectivity index (χ1n) is 14.7. The van der Waals surface area contributed by atoms with E-state index in [4.69, 9.17) is 18.0 Å². The molecule has 19 nitrogen and oxygen atoms in total. The highest BCUT2D eigenvalue weighted by molar-refractivity contribution is 8.44. The van der Waals surface area contributed by atoms with Crippen LogP contribution in [0.25, 0.3) is 22.3 Å². The molecule has 22 heteroatoms. The Morgan fingerprint density at radius 1 is 1.13 bits per heavy atom. The number of aromatic amines is 1. The van der Waals surface area contributed by atoms with E-state index in [1.807, 2.05) is 4.57 Å². The number of amides is 1. The number of ether oxygens (including phenoxy) is 1. The predicted molar refractivity (Wildman–Crippen MR) is 166 cm³/mol. The van der Waals surface area contributed by atoms with Crippen molar-refractivity contribution in [1.82, 2.24) is 43.8 Å². The average molecular weight is 711 g/mol. The zero-order valence-corrected chi connectivity index (χ0v) is 27.6. The van der Waals surface area contributed by atoms with Crippen molar-refractivity contribution in [3.8, 4) is 0 Å². The molecule has 3 N–H and O–H groups in total. The van der Waals surface area contributed by atoms with Gasteiger partial charge in [0.2, 0.25) is 11.9 Å². The Morgan fingerprint density at radius 3 is 2.74 bits per heavy atom. The summed E-state index contributed by atoms with van der Waals surface area (Å²) in [5, 5.41) is 2.54. The Balaban J connectivity index is 1.16. The van der Waals surface area contributed by atoms with Crippen molar-refractivity contribution in [3.05, 3.63) is 35.5 Å². The number of imidazole rings is 2. The van der Waals surface area contributed by atoms with Crippen molar-refractivity contribution in [2.75, 3.05) is 18.5 Å². The molecule has 3 aliphatic rings. The number of aromatic nitrogens is 8. The van der Waals surface area contributed by atoms with E-state index >= 15 is 0 Å². The van der Waals surface area contributed by atoms with Crippen molar-refractivity contribution in [2.24, 2.45) is 11.8 Å². The van der Waals surface area contributed by atoms with E-state index in [2.05, 4.69) is 52.2 Å². The minimum absolute atomic E-state index is 0.0103. The van der Waals surface area contributed by atoms with Crippen LogP contribution in [-0.4, -0.2) is 84.8 Å². The zero-order chi connectivity index (χ0) is 33.1. The Kier molecular flexibility index (Phi) is 8.44. The van der Waals surface area contributed by atoms with Crippen LogP contribution in [0.1, 0.15) is 45.4 Å². The summed E-state index contributed by atoms with van der Waals surface area (Å²) in [6, 6.07) is -0.208. The van der Waals surface area contributed by atoms with Gasteiger partial charge in [0.25, 0.3) is 5.56 Å². The molecule has 4 aromatic heterocycles. The number of hydrogen-bond acceptors (Lipinski definition) is 14. The van der Waals surface area contributed by atoms with Gasteiger partial charge in [-0.1, -0.05) is 26.1 Å². The SMILES string of the molecule is CC(C)C(=O)Nc1nc2c(ncn2[C@H]2O[C@@H]3CO[P@@](=O)(S)O[C@H]4C[C@H](n5cnc6cncnc65)C[C@@H]4CNS(=O)(=O)O[C@@H]2C3)c(=O)[nH]1. The van der Waals surface area contributed by atoms with Gasteiger partial charge in [-0.05, 0) is 12.8 Å². The number of thiol groups is 1. The molecule has 1 aliphatic carbocycles. The Bertz CT molecular complexity index is 2050. The van der Waals surface area contributed by atoms with Crippen LogP contribution in [0.4, 0.5) is 5.95 Å². The number of nitrogens with one attached hydrogen (secondary N) is 3. The summed E-state index contributed by atoms with van der Waals surface area (Å²) in [7, 11) is -4.38. The topological polar surface area (TPSA) is 236 Å². The lowest BCUT2D eigenvalue weighted by Crippen LogP contribution is -2.37. The van der Waals surface area contributed by atoms with Crippen molar-refractivity contribution < 1.29 is 35.7 Å². The molecule has 1 saturated carbocycles. The summed E-state index contributed by atoms with van der Waals surface area (Å²) in [6.45, 7) is -0.988. The van der Waals surface area contributed by atoms with Crippen molar-refractivity contribution in [1.29, 1.82) is 0 Å². The number of carbonyl (C=O) groups is 1. The van der Waals surface area contributed by atoms with Crippen molar-refractivity contribution in [2.45, 2.75) is 63.7 Å². The first-order valence-corrected chi connectivity index (χ1v) is 18.9. The summed E-state index contributed by atoms with van der Waals surface area (Å²) < 4.78 is 69.1. The molecule has 252 valence electrons. The summed E-state index contributed by atoms with van der Waals surface area (Å²) in [4.78, 5) is 48.6. The number of anilines is 1. The van der Waals surface area contributed by atoms with Crippen LogP contribution in [0.3, 0.4) is 0 Å². The van der Waals surface area contributed by atoms with Crippen LogP contribution in [0.15, 0.2) is 30.0 Å². The Hall–Kier alpha value is -3.30. The molecule has 2 bridgehead atoms. The smallest absolute Gasteiger partial charge is 0.349 e. The monoisotopic (exact) mass is 710 g/mol. The molecule has 3 fully saturated rings. The number of H-pyrrole nitrogens is 1. The molecule has 2 aliphatic heterocycles. The van der Waals surface area contributed by atoms with Gasteiger partial charge < -0.3 is 9.30 Å². The van der Waals surface area contributed by atoms with E-state index in [-0.39, 0.29) is 54.6 Å². The Labute approximate surface area is 272 Å². The molecule has 7 rings (SSSR count). The summed E-state index contributed by atoms with van der Waals surface area (Å²) in [5.74, 6) is -1.34. The second kappa shape index (κ2) is 12.3. The van der Waals surface area contributed by atoms with Gasteiger partial charge >= 0.3 is 17.1 Å². The van der Waals surface area contributed by atoms with Crippen LogP contribution >= 0.6 is 19.0 Å². The molecule has 4 aromatic rings. The third-order valence-electron chi connectivity index (χ3n) is 8.32. The molecule has 2 saturated heterocycles. The van der Waals surface area contributed by atoms with Gasteiger partial charge in [-0.3, -0.25) is 33.5 Å². The molecule has 1 amide bonds. The van der Waals surface area contributed by atoms with Crippen LogP contribution in [0, 0.1) is 11.8 Å². The lowest BCUT2D eigenvalue weighted by atomic mass is 10.1. The fourth-order valence-corrected chi connectivity index (χ4v) is 8.62. The molecule has 47 heavy (non-hydrogen) atoms. The molecule has 7 atom stereocenters. The number of carbonyl (C=O) groups excluding carboxylic acids is 1. The third kappa shape index (κ3) is 6.58. The molecule has 0 unspecified atom stereocenters. The molecular weight excluding hydrogens is 679 g/mol. The lowest BCUT2D eigenvalue weighted by molar-refractivity contribution is -0.118. The van der Waals surface area contributed by atoms with Gasteiger partial charge in [-0.25, -0.2) is 28.7 Å². The molecule has 0 radical (unpaired) electrons. The van der Waals surface area contributed by atoms with Crippen LogP contribution in [0.5, 0.6) is 0 Å². The number of hydrogen-bond donors (Lipinski definition) is 4. The highest BCUT2D eigenvalue weighted by Gasteiger charge is 2.45. The van der Waals surface area contributed by atoms with Gasteiger partial charge in [0.05, 0.1) is 37.7 Å². The van der Waals surface area contributed by atoms with Crippen LogP contribution in [0.2, 0.25) is 0 Å². The van der Waals surface area contributed by atoms with Crippen molar-refractivity contribution in [3.63, 3.8) is 0 Å².